The summed E-state index contributed by atoms with van der Waals surface area (Å²) in [7, 11) is -3.45. The average molecular weight is 366 g/mol. The minimum absolute atomic E-state index is 0.0276. The van der Waals surface area contributed by atoms with E-state index in [-0.39, 0.29) is 22.1 Å². The third-order valence-corrected chi connectivity index (χ3v) is 5.73. The number of nitrogens with one attached hydrogen (secondary N) is 1. The largest absolute Gasteiger partial charge is 0.352 e. The molecule has 2 rings (SSSR count). The molecule has 1 amide bonds. The second-order valence-corrected chi connectivity index (χ2v) is 7.96. The molecule has 1 N–H and O–H groups in total. The zero-order valence-corrected chi connectivity index (χ0v) is 15.0. The van der Waals surface area contributed by atoms with Gasteiger partial charge in [-0.05, 0) is 42.7 Å². The van der Waals surface area contributed by atoms with Crippen LogP contribution in [0.25, 0.3) is 0 Å². The Morgan fingerprint density at radius 1 is 1.12 bits per heavy atom. The normalized spacial score (nSPS) is 11.2. The molecule has 0 saturated heterocycles. The van der Waals surface area contributed by atoms with Gasteiger partial charge in [0, 0.05) is 11.6 Å². The highest BCUT2D eigenvalue weighted by molar-refractivity contribution is 7.91. The van der Waals surface area contributed by atoms with E-state index in [1.54, 1.807) is 25.1 Å². The van der Waals surface area contributed by atoms with Gasteiger partial charge in [-0.1, -0.05) is 42.8 Å². The molecule has 0 aliphatic carbocycles. The number of hydrogen-bond acceptors (Lipinski definition) is 3. The highest BCUT2D eigenvalue weighted by Crippen LogP contribution is 2.18. The summed E-state index contributed by atoms with van der Waals surface area (Å²) < 4.78 is 24.6. The number of hydrogen-bond donors (Lipinski definition) is 1. The first-order chi connectivity index (χ1) is 11.4. The van der Waals surface area contributed by atoms with E-state index in [1.807, 2.05) is 18.2 Å². The standard InChI is InChI=1S/C18H20ClNO3S/c1-2-12-24(22,23)17-9-4-3-8-16(17)18(21)20-11-10-14-6-5-7-15(19)13-14/h3-9,13H,2,10-12H2,1H3,(H,20,21). The van der Waals surface area contributed by atoms with Crippen molar-refractivity contribution in [3.8, 4) is 0 Å². The van der Waals surface area contributed by atoms with Crippen molar-refractivity contribution in [2.24, 2.45) is 0 Å². The Morgan fingerprint density at radius 2 is 1.88 bits per heavy atom. The number of halogens is 1. The van der Waals surface area contributed by atoms with Crippen LogP contribution in [-0.2, 0) is 16.3 Å². The summed E-state index contributed by atoms with van der Waals surface area (Å²) in [4.78, 5) is 12.5. The van der Waals surface area contributed by atoms with Crippen molar-refractivity contribution in [1.29, 1.82) is 0 Å². The molecule has 0 unspecified atom stereocenters. The number of carbonyl (C=O) groups excluding carboxylic acids is 1. The lowest BCUT2D eigenvalue weighted by Crippen LogP contribution is -2.27. The van der Waals surface area contributed by atoms with Crippen LogP contribution in [0.1, 0.15) is 29.3 Å². The first-order valence-corrected chi connectivity index (χ1v) is 9.81. The summed E-state index contributed by atoms with van der Waals surface area (Å²) >= 11 is 5.93. The lowest BCUT2D eigenvalue weighted by molar-refractivity contribution is 0.0951. The minimum Gasteiger partial charge on any atom is -0.352 e. The Bertz CT molecular complexity index is 819. The molecule has 2 aromatic carbocycles. The predicted octanol–water partition coefficient (Wildman–Crippen LogP) is 3.50. The van der Waals surface area contributed by atoms with Crippen LogP contribution in [0.2, 0.25) is 5.02 Å². The second-order valence-electron chi connectivity index (χ2n) is 5.45. The van der Waals surface area contributed by atoms with E-state index in [4.69, 9.17) is 11.6 Å². The van der Waals surface area contributed by atoms with Gasteiger partial charge in [-0.2, -0.15) is 0 Å². The molecule has 0 fully saturated rings. The zero-order chi connectivity index (χ0) is 17.6. The first-order valence-electron chi connectivity index (χ1n) is 7.78. The Morgan fingerprint density at radius 3 is 2.58 bits per heavy atom. The van der Waals surface area contributed by atoms with E-state index in [2.05, 4.69) is 5.32 Å². The summed E-state index contributed by atoms with van der Waals surface area (Å²) in [5.74, 6) is -0.355. The smallest absolute Gasteiger partial charge is 0.252 e. The van der Waals surface area contributed by atoms with Gasteiger partial charge in [-0.3, -0.25) is 4.79 Å². The molecular formula is C18H20ClNO3S. The van der Waals surface area contributed by atoms with E-state index < -0.39 is 9.84 Å². The van der Waals surface area contributed by atoms with Gasteiger partial charge in [0.1, 0.15) is 0 Å². The van der Waals surface area contributed by atoms with E-state index in [9.17, 15) is 13.2 Å². The quantitative estimate of drug-likeness (QED) is 0.816. The summed E-state index contributed by atoms with van der Waals surface area (Å²) in [5, 5.41) is 3.42. The maximum absolute atomic E-state index is 12.4. The fourth-order valence-corrected chi connectivity index (χ4v) is 4.16. The predicted molar refractivity (Wildman–Crippen MR) is 96.3 cm³/mol. The SMILES string of the molecule is CCCS(=O)(=O)c1ccccc1C(=O)NCCc1cccc(Cl)c1. The average Bonchev–Trinajstić information content (AvgIpc) is 2.55. The minimum atomic E-state index is -3.45. The third-order valence-electron chi connectivity index (χ3n) is 3.53. The van der Waals surface area contributed by atoms with Crippen LogP contribution in [0.3, 0.4) is 0 Å². The summed E-state index contributed by atoms with van der Waals surface area (Å²) in [6.07, 6.45) is 1.13. The highest BCUT2D eigenvalue weighted by atomic mass is 35.5. The lowest BCUT2D eigenvalue weighted by Gasteiger charge is -2.10. The van der Waals surface area contributed by atoms with Crippen LogP contribution >= 0.6 is 11.6 Å². The van der Waals surface area contributed by atoms with E-state index in [0.717, 1.165) is 5.56 Å². The van der Waals surface area contributed by atoms with Gasteiger partial charge in [0.15, 0.2) is 9.84 Å². The number of amides is 1. The Balaban J connectivity index is 2.08. The van der Waals surface area contributed by atoms with Crippen molar-refractivity contribution < 1.29 is 13.2 Å². The van der Waals surface area contributed by atoms with Crippen molar-refractivity contribution in [1.82, 2.24) is 5.32 Å². The van der Waals surface area contributed by atoms with Crippen molar-refractivity contribution in [2.75, 3.05) is 12.3 Å². The van der Waals surface area contributed by atoms with Crippen LogP contribution < -0.4 is 5.32 Å². The number of sulfone groups is 1. The highest BCUT2D eigenvalue weighted by Gasteiger charge is 2.21. The second kappa shape index (κ2) is 8.31. The summed E-state index contributed by atoms with van der Waals surface area (Å²) in [5.41, 5.74) is 1.20. The fraction of sp³-hybridized carbons (Fsp3) is 0.278. The molecule has 0 radical (unpaired) electrons. The van der Waals surface area contributed by atoms with Gasteiger partial charge >= 0.3 is 0 Å². The van der Waals surface area contributed by atoms with Gasteiger partial charge in [0.2, 0.25) is 0 Å². The van der Waals surface area contributed by atoms with Crippen molar-refractivity contribution in [2.45, 2.75) is 24.7 Å². The molecule has 128 valence electrons. The summed E-state index contributed by atoms with van der Waals surface area (Å²) in [6, 6.07) is 13.7. The van der Waals surface area contributed by atoms with Gasteiger partial charge in [0.05, 0.1) is 16.2 Å². The monoisotopic (exact) mass is 365 g/mol. The van der Waals surface area contributed by atoms with Gasteiger partial charge in [0.25, 0.3) is 5.91 Å². The number of carbonyl (C=O) groups is 1. The molecule has 0 saturated carbocycles. The molecule has 4 nitrogen and oxygen atoms in total. The zero-order valence-electron chi connectivity index (χ0n) is 13.5. The van der Waals surface area contributed by atoms with Gasteiger partial charge in [-0.15, -0.1) is 0 Å². The molecule has 6 heteroatoms. The molecule has 0 heterocycles. The molecule has 0 bridgehead atoms. The fourth-order valence-electron chi connectivity index (χ4n) is 2.41. The molecule has 0 spiro atoms. The van der Waals surface area contributed by atoms with Crippen LogP contribution in [0, 0.1) is 0 Å². The Hall–Kier alpha value is -1.85. The molecule has 0 atom stereocenters. The lowest BCUT2D eigenvalue weighted by atomic mass is 10.1. The third kappa shape index (κ3) is 4.82. The summed E-state index contributed by atoms with van der Waals surface area (Å²) in [6.45, 7) is 2.20. The van der Waals surface area contributed by atoms with Crippen molar-refractivity contribution in [3.05, 3.63) is 64.7 Å². The van der Waals surface area contributed by atoms with E-state index >= 15 is 0 Å². The van der Waals surface area contributed by atoms with Gasteiger partial charge in [-0.25, -0.2) is 8.42 Å². The maximum Gasteiger partial charge on any atom is 0.252 e. The van der Waals surface area contributed by atoms with Crippen LogP contribution in [-0.4, -0.2) is 26.6 Å². The van der Waals surface area contributed by atoms with E-state index in [0.29, 0.717) is 24.4 Å². The van der Waals surface area contributed by atoms with E-state index in [1.165, 1.54) is 12.1 Å². The van der Waals surface area contributed by atoms with Crippen LogP contribution in [0.5, 0.6) is 0 Å². The Labute approximate surface area is 147 Å². The van der Waals surface area contributed by atoms with Crippen molar-refractivity contribution >= 4 is 27.3 Å². The van der Waals surface area contributed by atoms with Crippen LogP contribution in [0.4, 0.5) is 0 Å². The molecular weight excluding hydrogens is 346 g/mol. The van der Waals surface area contributed by atoms with Gasteiger partial charge < -0.3 is 5.32 Å². The Kier molecular flexibility index (Phi) is 6.40. The van der Waals surface area contributed by atoms with Crippen molar-refractivity contribution in [3.63, 3.8) is 0 Å². The number of rotatable bonds is 7. The molecule has 2 aromatic rings. The maximum atomic E-state index is 12.4. The first kappa shape index (κ1) is 18.5. The number of benzene rings is 2. The molecule has 0 aromatic heterocycles. The topological polar surface area (TPSA) is 63.2 Å². The molecule has 24 heavy (non-hydrogen) atoms. The molecule has 0 aliphatic rings. The molecule has 0 aliphatic heterocycles. The van der Waals surface area contributed by atoms with Crippen LogP contribution in [0.15, 0.2) is 53.4 Å².